The van der Waals surface area contributed by atoms with Gasteiger partial charge in [-0.2, -0.15) is 0 Å². The molecule has 1 rings (SSSR count). The zero-order chi connectivity index (χ0) is 12.5. The number of nitrogens with zero attached hydrogens (tertiary/aromatic N) is 1. The lowest BCUT2D eigenvalue weighted by atomic mass is 10.2. The summed E-state index contributed by atoms with van der Waals surface area (Å²) >= 11 is 0. The summed E-state index contributed by atoms with van der Waals surface area (Å²) in [6, 6.07) is 4.05. The number of aromatic nitrogens is 1. The standard InChI is InChI=1S/C13H22N2O2/c1-2-17-13(16)8-4-3-5-9-15-10-6-7-12(15)11-14/h6-7,10H,2-5,8-9,11,14H2,1H3. The van der Waals surface area contributed by atoms with Crippen molar-refractivity contribution < 1.29 is 9.53 Å². The van der Waals surface area contributed by atoms with Crippen molar-refractivity contribution in [3.63, 3.8) is 0 Å². The Labute approximate surface area is 103 Å². The Kier molecular flexibility index (Phi) is 6.40. The minimum Gasteiger partial charge on any atom is -0.466 e. The van der Waals surface area contributed by atoms with E-state index >= 15 is 0 Å². The van der Waals surface area contributed by atoms with Gasteiger partial charge in [0, 0.05) is 31.4 Å². The van der Waals surface area contributed by atoms with Crippen molar-refractivity contribution >= 4 is 5.97 Å². The smallest absolute Gasteiger partial charge is 0.305 e. The number of ether oxygens (including phenoxy) is 1. The Bertz CT molecular complexity index is 334. The van der Waals surface area contributed by atoms with E-state index in [0.29, 0.717) is 19.6 Å². The van der Waals surface area contributed by atoms with E-state index in [-0.39, 0.29) is 5.97 Å². The summed E-state index contributed by atoms with van der Waals surface area (Å²) < 4.78 is 7.04. The van der Waals surface area contributed by atoms with Gasteiger partial charge < -0.3 is 15.0 Å². The number of hydrogen-bond donors (Lipinski definition) is 1. The SMILES string of the molecule is CCOC(=O)CCCCCn1cccc1CN. The normalized spacial score (nSPS) is 10.5. The van der Waals surface area contributed by atoms with E-state index in [1.165, 1.54) is 0 Å². The van der Waals surface area contributed by atoms with Gasteiger partial charge in [-0.25, -0.2) is 0 Å². The number of esters is 1. The monoisotopic (exact) mass is 238 g/mol. The van der Waals surface area contributed by atoms with Gasteiger partial charge in [-0.05, 0) is 31.9 Å². The first-order valence-electron chi connectivity index (χ1n) is 6.27. The number of hydrogen-bond acceptors (Lipinski definition) is 3. The van der Waals surface area contributed by atoms with Gasteiger partial charge in [0.1, 0.15) is 0 Å². The fraction of sp³-hybridized carbons (Fsp3) is 0.615. The molecule has 1 heterocycles. The lowest BCUT2D eigenvalue weighted by Crippen LogP contribution is -2.07. The molecule has 0 amide bonds. The fourth-order valence-electron chi connectivity index (χ4n) is 1.81. The molecule has 1 aromatic heterocycles. The van der Waals surface area contributed by atoms with Gasteiger partial charge in [0.2, 0.25) is 0 Å². The lowest BCUT2D eigenvalue weighted by Gasteiger charge is -2.07. The van der Waals surface area contributed by atoms with E-state index in [9.17, 15) is 4.79 Å². The second-order valence-corrected chi connectivity index (χ2v) is 4.01. The molecule has 0 atom stereocenters. The number of carbonyl (C=O) groups excluding carboxylic acids is 1. The molecule has 0 radical (unpaired) electrons. The van der Waals surface area contributed by atoms with Crippen molar-refractivity contribution in [2.45, 2.75) is 45.7 Å². The molecule has 0 saturated heterocycles. The first kappa shape index (κ1) is 13.8. The van der Waals surface area contributed by atoms with Crippen LogP contribution in [0.1, 0.15) is 38.3 Å². The van der Waals surface area contributed by atoms with Gasteiger partial charge in [-0.15, -0.1) is 0 Å². The van der Waals surface area contributed by atoms with Crippen LogP contribution in [0.25, 0.3) is 0 Å². The van der Waals surface area contributed by atoms with Gasteiger partial charge in [0.25, 0.3) is 0 Å². The van der Waals surface area contributed by atoms with Crippen LogP contribution in [0.5, 0.6) is 0 Å². The van der Waals surface area contributed by atoms with Crippen molar-refractivity contribution in [1.82, 2.24) is 4.57 Å². The van der Waals surface area contributed by atoms with Crippen molar-refractivity contribution in [2.75, 3.05) is 6.61 Å². The van der Waals surface area contributed by atoms with Crippen molar-refractivity contribution in [3.8, 4) is 0 Å². The minimum absolute atomic E-state index is 0.0869. The summed E-state index contributed by atoms with van der Waals surface area (Å²) in [4.78, 5) is 11.1. The predicted octanol–water partition coefficient (Wildman–Crippen LogP) is 2.07. The number of carbonyl (C=O) groups is 1. The molecular formula is C13H22N2O2. The third-order valence-corrected chi connectivity index (χ3v) is 2.72. The fourth-order valence-corrected chi connectivity index (χ4v) is 1.81. The maximum absolute atomic E-state index is 11.1. The zero-order valence-corrected chi connectivity index (χ0v) is 10.5. The van der Waals surface area contributed by atoms with Gasteiger partial charge in [0.05, 0.1) is 6.61 Å². The third-order valence-electron chi connectivity index (χ3n) is 2.72. The molecule has 4 nitrogen and oxygen atoms in total. The van der Waals surface area contributed by atoms with Crippen molar-refractivity contribution in [1.29, 1.82) is 0 Å². The van der Waals surface area contributed by atoms with Crippen LogP contribution >= 0.6 is 0 Å². The van der Waals surface area contributed by atoms with E-state index in [2.05, 4.69) is 4.57 Å². The predicted molar refractivity (Wildman–Crippen MR) is 67.4 cm³/mol. The average molecular weight is 238 g/mol. The molecule has 0 spiro atoms. The van der Waals surface area contributed by atoms with Gasteiger partial charge >= 0.3 is 5.97 Å². The van der Waals surface area contributed by atoms with E-state index in [1.807, 2.05) is 25.3 Å². The molecule has 96 valence electrons. The van der Waals surface area contributed by atoms with Gasteiger partial charge in [-0.1, -0.05) is 6.42 Å². The largest absolute Gasteiger partial charge is 0.466 e. The first-order chi connectivity index (χ1) is 8.27. The minimum atomic E-state index is -0.0869. The molecule has 0 bridgehead atoms. The molecule has 0 unspecified atom stereocenters. The lowest BCUT2D eigenvalue weighted by molar-refractivity contribution is -0.143. The highest BCUT2D eigenvalue weighted by atomic mass is 16.5. The second-order valence-electron chi connectivity index (χ2n) is 4.01. The number of nitrogens with two attached hydrogens (primary N) is 1. The number of aryl methyl sites for hydroxylation is 1. The molecule has 0 saturated carbocycles. The van der Waals surface area contributed by atoms with Crippen LogP contribution in [0.15, 0.2) is 18.3 Å². The summed E-state index contributed by atoms with van der Waals surface area (Å²) in [6.45, 7) is 3.86. The van der Waals surface area contributed by atoms with Crippen LogP contribution in [0.4, 0.5) is 0 Å². The van der Waals surface area contributed by atoms with Gasteiger partial charge in [0.15, 0.2) is 0 Å². The molecule has 0 aliphatic heterocycles. The Morgan fingerprint density at radius 3 is 2.94 bits per heavy atom. The Morgan fingerprint density at radius 2 is 2.24 bits per heavy atom. The molecule has 0 aliphatic carbocycles. The number of rotatable bonds is 8. The summed E-state index contributed by atoms with van der Waals surface area (Å²) in [5, 5.41) is 0. The Hall–Kier alpha value is -1.29. The molecule has 0 aliphatic rings. The second kappa shape index (κ2) is 7.90. The summed E-state index contributed by atoms with van der Waals surface area (Å²) in [7, 11) is 0. The Balaban J connectivity index is 2.10. The summed E-state index contributed by atoms with van der Waals surface area (Å²) in [6.07, 6.45) is 5.59. The third kappa shape index (κ3) is 5.04. The van der Waals surface area contributed by atoms with Crippen LogP contribution in [0.3, 0.4) is 0 Å². The van der Waals surface area contributed by atoms with Crippen LogP contribution in [-0.2, 0) is 22.6 Å². The molecule has 0 fully saturated rings. The maximum Gasteiger partial charge on any atom is 0.305 e. The van der Waals surface area contributed by atoms with Crippen molar-refractivity contribution in [2.24, 2.45) is 5.73 Å². The highest BCUT2D eigenvalue weighted by Crippen LogP contribution is 2.07. The summed E-state index contributed by atoms with van der Waals surface area (Å²) in [5.74, 6) is -0.0869. The van der Waals surface area contributed by atoms with E-state index < -0.39 is 0 Å². The highest BCUT2D eigenvalue weighted by Gasteiger charge is 2.01. The molecule has 17 heavy (non-hydrogen) atoms. The molecule has 2 N–H and O–H groups in total. The van der Waals surface area contributed by atoms with Crippen LogP contribution in [0, 0.1) is 0 Å². The van der Waals surface area contributed by atoms with E-state index in [4.69, 9.17) is 10.5 Å². The molecular weight excluding hydrogens is 216 g/mol. The zero-order valence-electron chi connectivity index (χ0n) is 10.5. The topological polar surface area (TPSA) is 57.2 Å². The maximum atomic E-state index is 11.1. The van der Waals surface area contributed by atoms with Crippen molar-refractivity contribution in [3.05, 3.63) is 24.0 Å². The molecule has 0 aromatic carbocycles. The number of unbranched alkanes of at least 4 members (excludes halogenated alkanes) is 2. The average Bonchev–Trinajstić information content (AvgIpc) is 2.76. The van der Waals surface area contributed by atoms with E-state index in [0.717, 1.165) is 31.5 Å². The first-order valence-corrected chi connectivity index (χ1v) is 6.27. The highest BCUT2D eigenvalue weighted by molar-refractivity contribution is 5.69. The van der Waals surface area contributed by atoms with Crippen LogP contribution < -0.4 is 5.73 Å². The Morgan fingerprint density at radius 1 is 1.41 bits per heavy atom. The van der Waals surface area contributed by atoms with Gasteiger partial charge in [-0.3, -0.25) is 4.79 Å². The van der Waals surface area contributed by atoms with Crippen LogP contribution in [-0.4, -0.2) is 17.1 Å². The van der Waals surface area contributed by atoms with E-state index in [1.54, 1.807) is 0 Å². The molecule has 4 heteroatoms. The quantitative estimate of drug-likeness (QED) is 0.557. The van der Waals surface area contributed by atoms with Crippen LogP contribution in [0.2, 0.25) is 0 Å². The molecule has 1 aromatic rings. The summed E-state index contributed by atoms with van der Waals surface area (Å²) in [5.41, 5.74) is 6.78.